The molecular formula is C18H17N3O2. The second kappa shape index (κ2) is 6.04. The monoisotopic (exact) mass is 307 g/mol. The number of hydrogen-bond donors (Lipinski definition) is 1. The molecule has 1 N–H and O–H groups in total. The summed E-state index contributed by atoms with van der Waals surface area (Å²) in [6, 6.07) is 9.53. The molecule has 116 valence electrons. The highest BCUT2D eigenvalue weighted by Crippen LogP contribution is 2.26. The van der Waals surface area contributed by atoms with Crippen LogP contribution in [0.1, 0.15) is 27.2 Å². The van der Waals surface area contributed by atoms with Crippen molar-refractivity contribution < 1.29 is 9.32 Å². The zero-order chi connectivity index (χ0) is 16.4. The highest BCUT2D eigenvalue weighted by Gasteiger charge is 2.22. The van der Waals surface area contributed by atoms with Crippen LogP contribution in [0.4, 0.5) is 5.69 Å². The van der Waals surface area contributed by atoms with Gasteiger partial charge in [0.1, 0.15) is 17.0 Å². The van der Waals surface area contributed by atoms with Gasteiger partial charge in [-0.15, -0.1) is 0 Å². The van der Waals surface area contributed by atoms with Crippen LogP contribution in [0.5, 0.6) is 0 Å². The zero-order valence-corrected chi connectivity index (χ0v) is 13.3. The van der Waals surface area contributed by atoms with Gasteiger partial charge in [-0.05, 0) is 44.5 Å². The minimum Gasteiger partial charge on any atom is -0.360 e. The molecule has 0 spiro atoms. The third-order valence-electron chi connectivity index (χ3n) is 3.65. The van der Waals surface area contributed by atoms with Crippen LogP contribution in [-0.4, -0.2) is 16.0 Å². The van der Waals surface area contributed by atoms with Crippen molar-refractivity contribution in [3.63, 3.8) is 0 Å². The fourth-order valence-corrected chi connectivity index (χ4v) is 2.48. The van der Waals surface area contributed by atoms with Crippen molar-refractivity contribution in [2.45, 2.75) is 20.8 Å². The predicted molar refractivity (Wildman–Crippen MR) is 88.3 cm³/mol. The summed E-state index contributed by atoms with van der Waals surface area (Å²) in [5.41, 5.74) is 4.61. The van der Waals surface area contributed by atoms with Gasteiger partial charge in [-0.2, -0.15) is 0 Å². The first-order valence-corrected chi connectivity index (χ1v) is 7.31. The molecule has 0 aliphatic rings. The van der Waals surface area contributed by atoms with Crippen LogP contribution >= 0.6 is 0 Å². The van der Waals surface area contributed by atoms with E-state index in [9.17, 15) is 4.79 Å². The topological polar surface area (TPSA) is 68.0 Å². The first kappa shape index (κ1) is 15.0. The Morgan fingerprint density at radius 2 is 2.00 bits per heavy atom. The summed E-state index contributed by atoms with van der Waals surface area (Å²) in [7, 11) is 0. The van der Waals surface area contributed by atoms with Crippen LogP contribution in [0.15, 0.2) is 47.2 Å². The van der Waals surface area contributed by atoms with E-state index in [2.05, 4.69) is 15.5 Å². The molecule has 0 saturated heterocycles. The van der Waals surface area contributed by atoms with Crippen LogP contribution < -0.4 is 5.32 Å². The minimum atomic E-state index is -0.241. The maximum absolute atomic E-state index is 12.7. The maximum Gasteiger partial charge on any atom is 0.261 e. The van der Waals surface area contributed by atoms with Crippen molar-refractivity contribution in [1.29, 1.82) is 0 Å². The number of rotatable bonds is 3. The first-order valence-electron chi connectivity index (χ1n) is 7.31. The van der Waals surface area contributed by atoms with Crippen LogP contribution in [0.3, 0.4) is 0 Å². The minimum absolute atomic E-state index is 0.241. The highest BCUT2D eigenvalue weighted by atomic mass is 16.5. The molecule has 0 saturated carbocycles. The summed E-state index contributed by atoms with van der Waals surface area (Å²) in [4.78, 5) is 16.8. The highest BCUT2D eigenvalue weighted by molar-refractivity contribution is 6.09. The number of aromatic nitrogens is 2. The van der Waals surface area contributed by atoms with Gasteiger partial charge in [0, 0.05) is 23.6 Å². The Labute approximate surface area is 134 Å². The Morgan fingerprint density at radius 1 is 1.17 bits per heavy atom. The van der Waals surface area contributed by atoms with Crippen LogP contribution in [0.25, 0.3) is 11.3 Å². The summed E-state index contributed by atoms with van der Waals surface area (Å²) in [5, 5.41) is 6.94. The van der Waals surface area contributed by atoms with E-state index in [4.69, 9.17) is 4.52 Å². The molecule has 2 aromatic heterocycles. The molecule has 0 unspecified atom stereocenters. The molecular weight excluding hydrogens is 290 g/mol. The number of anilines is 1. The Balaban J connectivity index is 1.96. The molecule has 1 amide bonds. The fourth-order valence-electron chi connectivity index (χ4n) is 2.48. The lowest BCUT2D eigenvalue weighted by Crippen LogP contribution is -2.14. The third kappa shape index (κ3) is 2.99. The third-order valence-corrected chi connectivity index (χ3v) is 3.65. The van der Waals surface area contributed by atoms with Gasteiger partial charge in [-0.25, -0.2) is 0 Å². The zero-order valence-electron chi connectivity index (χ0n) is 13.3. The molecule has 0 bridgehead atoms. The average Bonchev–Trinajstić information content (AvgIpc) is 2.93. The summed E-state index contributed by atoms with van der Waals surface area (Å²) in [6.07, 6.45) is 3.33. The lowest BCUT2D eigenvalue weighted by atomic mass is 10.1. The van der Waals surface area contributed by atoms with Crippen molar-refractivity contribution in [1.82, 2.24) is 10.1 Å². The number of carbonyl (C=O) groups is 1. The van der Waals surface area contributed by atoms with E-state index in [1.165, 1.54) is 0 Å². The van der Waals surface area contributed by atoms with Crippen LogP contribution in [-0.2, 0) is 0 Å². The van der Waals surface area contributed by atoms with Crippen molar-refractivity contribution in [2.24, 2.45) is 0 Å². The van der Waals surface area contributed by atoms with Gasteiger partial charge in [0.25, 0.3) is 5.91 Å². The van der Waals surface area contributed by atoms with E-state index in [-0.39, 0.29) is 5.91 Å². The Morgan fingerprint density at radius 3 is 2.70 bits per heavy atom. The molecule has 1 aromatic carbocycles. The average molecular weight is 307 g/mol. The quantitative estimate of drug-likeness (QED) is 0.796. The van der Waals surface area contributed by atoms with Gasteiger partial charge in [0.15, 0.2) is 0 Å². The number of pyridine rings is 1. The SMILES string of the molecule is Cc1ccc(NC(=O)c2c(-c3cccnc3)noc2C)c(C)c1. The van der Waals surface area contributed by atoms with E-state index in [1.54, 1.807) is 25.4 Å². The Hall–Kier alpha value is -2.95. The number of aryl methyl sites for hydroxylation is 3. The van der Waals surface area contributed by atoms with E-state index in [0.29, 0.717) is 17.0 Å². The van der Waals surface area contributed by atoms with Crippen molar-refractivity contribution >= 4 is 11.6 Å². The number of amides is 1. The summed E-state index contributed by atoms with van der Waals surface area (Å²) >= 11 is 0. The summed E-state index contributed by atoms with van der Waals surface area (Å²) in [6.45, 7) is 5.71. The first-order chi connectivity index (χ1) is 11.1. The van der Waals surface area contributed by atoms with E-state index >= 15 is 0 Å². The van der Waals surface area contributed by atoms with E-state index in [1.807, 2.05) is 38.1 Å². The molecule has 0 aliphatic carbocycles. The summed E-state index contributed by atoms with van der Waals surface area (Å²) in [5.74, 6) is 0.237. The number of benzene rings is 1. The molecule has 0 radical (unpaired) electrons. The van der Waals surface area contributed by atoms with E-state index < -0.39 is 0 Å². The van der Waals surface area contributed by atoms with Gasteiger partial charge >= 0.3 is 0 Å². The smallest absolute Gasteiger partial charge is 0.261 e. The predicted octanol–water partition coefficient (Wildman–Crippen LogP) is 3.91. The second-order valence-corrected chi connectivity index (χ2v) is 5.48. The van der Waals surface area contributed by atoms with Crippen molar-refractivity contribution in [3.05, 3.63) is 65.2 Å². The van der Waals surface area contributed by atoms with Gasteiger partial charge in [0.2, 0.25) is 0 Å². The second-order valence-electron chi connectivity index (χ2n) is 5.48. The summed E-state index contributed by atoms with van der Waals surface area (Å²) < 4.78 is 5.22. The maximum atomic E-state index is 12.7. The molecule has 5 nitrogen and oxygen atoms in total. The number of nitrogens with zero attached hydrogens (tertiary/aromatic N) is 2. The number of hydrogen-bond acceptors (Lipinski definition) is 4. The lowest BCUT2D eigenvalue weighted by molar-refractivity contribution is 0.102. The lowest BCUT2D eigenvalue weighted by Gasteiger charge is -2.09. The fraction of sp³-hybridized carbons (Fsp3) is 0.167. The molecule has 5 heteroatoms. The number of nitrogens with one attached hydrogen (secondary N) is 1. The molecule has 2 heterocycles. The molecule has 3 rings (SSSR count). The van der Waals surface area contributed by atoms with Crippen molar-refractivity contribution in [3.8, 4) is 11.3 Å². The molecule has 0 aliphatic heterocycles. The Bertz CT molecular complexity index is 854. The Kier molecular flexibility index (Phi) is 3.93. The molecule has 23 heavy (non-hydrogen) atoms. The van der Waals surface area contributed by atoms with Gasteiger partial charge in [-0.1, -0.05) is 22.9 Å². The normalized spacial score (nSPS) is 10.6. The molecule has 0 fully saturated rings. The van der Waals surface area contributed by atoms with Gasteiger partial charge < -0.3 is 9.84 Å². The van der Waals surface area contributed by atoms with Crippen LogP contribution in [0, 0.1) is 20.8 Å². The van der Waals surface area contributed by atoms with Gasteiger partial charge in [-0.3, -0.25) is 9.78 Å². The number of carbonyl (C=O) groups excluding carboxylic acids is 1. The van der Waals surface area contributed by atoms with Crippen molar-refractivity contribution in [2.75, 3.05) is 5.32 Å². The largest absolute Gasteiger partial charge is 0.360 e. The van der Waals surface area contributed by atoms with Gasteiger partial charge in [0.05, 0.1) is 0 Å². The standard InChI is InChI=1S/C18H17N3O2/c1-11-6-7-15(12(2)9-11)20-18(22)16-13(3)23-21-17(16)14-5-4-8-19-10-14/h4-10H,1-3H3,(H,20,22). The van der Waals surface area contributed by atoms with Crippen LogP contribution in [0.2, 0.25) is 0 Å². The molecule has 0 atom stereocenters. The van der Waals surface area contributed by atoms with E-state index in [0.717, 1.165) is 22.4 Å². The molecule has 3 aromatic rings.